The van der Waals surface area contributed by atoms with Gasteiger partial charge >= 0.3 is 5.97 Å². The standard InChI is InChI=1S/C9H12ClNO3/c1-6(9(12)13-2)11-5-7-3-4-8(10)14-7/h3-4,6,11H,5H2,1-2H3. The summed E-state index contributed by atoms with van der Waals surface area (Å²) in [6.07, 6.45) is 0. The molecule has 1 atom stereocenters. The Kier molecular flexibility index (Phi) is 3.98. The summed E-state index contributed by atoms with van der Waals surface area (Å²) in [6.45, 7) is 2.17. The van der Waals surface area contributed by atoms with Crippen LogP contribution < -0.4 is 5.32 Å². The van der Waals surface area contributed by atoms with E-state index in [1.807, 2.05) is 0 Å². The smallest absolute Gasteiger partial charge is 0.322 e. The number of ether oxygens (including phenoxy) is 1. The van der Waals surface area contributed by atoms with Crippen molar-refractivity contribution in [3.8, 4) is 0 Å². The van der Waals surface area contributed by atoms with Gasteiger partial charge in [-0.25, -0.2) is 0 Å². The number of halogens is 1. The van der Waals surface area contributed by atoms with Crippen LogP contribution >= 0.6 is 11.6 Å². The quantitative estimate of drug-likeness (QED) is 0.779. The molecule has 4 nitrogen and oxygen atoms in total. The fourth-order valence-corrected chi connectivity index (χ4v) is 1.12. The van der Waals surface area contributed by atoms with Crippen LogP contribution in [-0.4, -0.2) is 19.1 Å². The van der Waals surface area contributed by atoms with Gasteiger partial charge in [-0.1, -0.05) is 0 Å². The summed E-state index contributed by atoms with van der Waals surface area (Å²) < 4.78 is 9.65. The molecule has 78 valence electrons. The Bertz CT molecular complexity index is 311. The summed E-state index contributed by atoms with van der Waals surface area (Å²) in [7, 11) is 1.35. The molecule has 0 aliphatic rings. The van der Waals surface area contributed by atoms with E-state index in [9.17, 15) is 4.79 Å². The zero-order chi connectivity index (χ0) is 10.6. The van der Waals surface area contributed by atoms with Crippen LogP contribution in [0, 0.1) is 0 Å². The summed E-state index contributed by atoms with van der Waals surface area (Å²) in [5.41, 5.74) is 0. The van der Waals surface area contributed by atoms with Gasteiger partial charge in [-0.3, -0.25) is 10.1 Å². The highest BCUT2D eigenvalue weighted by Gasteiger charge is 2.12. The summed E-state index contributed by atoms with van der Waals surface area (Å²) >= 11 is 5.58. The molecule has 0 aromatic carbocycles. The Labute approximate surface area is 87.2 Å². The van der Waals surface area contributed by atoms with Gasteiger partial charge in [0.2, 0.25) is 0 Å². The molecule has 14 heavy (non-hydrogen) atoms. The van der Waals surface area contributed by atoms with Crippen LogP contribution in [0.5, 0.6) is 0 Å². The van der Waals surface area contributed by atoms with Crippen LogP contribution in [0.2, 0.25) is 5.22 Å². The molecule has 0 amide bonds. The second-order valence-electron chi connectivity index (χ2n) is 2.83. The molecule has 1 aromatic heterocycles. The predicted octanol–water partition coefficient (Wildman–Crippen LogP) is 1.58. The van der Waals surface area contributed by atoms with Gasteiger partial charge in [0, 0.05) is 0 Å². The fourth-order valence-electron chi connectivity index (χ4n) is 0.961. The molecule has 0 saturated carbocycles. The largest absolute Gasteiger partial charge is 0.468 e. The van der Waals surface area contributed by atoms with E-state index in [1.165, 1.54) is 7.11 Å². The van der Waals surface area contributed by atoms with Gasteiger partial charge in [0.25, 0.3) is 0 Å². The van der Waals surface area contributed by atoms with Crippen molar-refractivity contribution in [3.63, 3.8) is 0 Å². The van der Waals surface area contributed by atoms with Crippen molar-refractivity contribution in [2.24, 2.45) is 0 Å². The van der Waals surface area contributed by atoms with Crippen LogP contribution in [0.25, 0.3) is 0 Å². The second kappa shape index (κ2) is 5.02. The minimum Gasteiger partial charge on any atom is -0.468 e. The van der Waals surface area contributed by atoms with Crippen LogP contribution in [-0.2, 0) is 16.1 Å². The van der Waals surface area contributed by atoms with Crippen molar-refractivity contribution in [2.75, 3.05) is 7.11 Å². The topological polar surface area (TPSA) is 51.5 Å². The SMILES string of the molecule is COC(=O)C(C)NCc1ccc(Cl)o1. The van der Waals surface area contributed by atoms with E-state index >= 15 is 0 Å². The van der Waals surface area contributed by atoms with Gasteiger partial charge in [0.05, 0.1) is 13.7 Å². The molecule has 1 rings (SSSR count). The average molecular weight is 218 g/mol. The zero-order valence-electron chi connectivity index (χ0n) is 8.04. The van der Waals surface area contributed by atoms with Crippen molar-refractivity contribution in [3.05, 3.63) is 23.1 Å². The summed E-state index contributed by atoms with van der Waals surface area (Å²) in [5, 5.41) is 3.28. The van der Waals surface area contributed by atoms with Crippen LogP contribution in [0.4, 0.5) is 0 Å². The molecule has 0 spiro atoms. The molecular formula is C9H12ClNO3. The Morgan fingerprint density at radius 1 is 1.71 bits per heavy atom. The molecule has 1 unspecified atom stereocenters. The van der Waals surface area contributed by atoms with Crippen molar-refractivity contribution in [1.29, 1.82) is 0 Å². The molecule has 1 heterocycles. The van der Waals surface area contributed by atoms with Gasteiger partial charge in [-0.2, -0.15) is 0 Å². The monoisotopic (exact) mass is 217 g/mol. The normalized spacial score (nSPS) is 12.5. The number of carbonyl (C=O) groups excluding carboxylic acids is 1. The van der Waals surface area contributed by atoms with E-state index in [2.05, 4.69) is 10.1 Å². The highest BCUT2D eigenvalue weighted by Crippen LogP contribution is 2.12. The maximum atomic E-state index is 11.0. The first kappa shape index (κ1) is 11.1. The van der Waals surface area contributed by atoms with Gasteiger partial charge in [0.15, 0.2) is 5.22 Å². The fraction of sp³-hybridized carbons (Fsp3) is 0.444. The molecule has 0 saturated heterocycles. The number of carbonyl (C=O) groups is 1. The number of methoxy groups -OCH3 is 1. The van der Waals surface area contributed by atoms with Crippen molar-refractivity contribution < 1.29 is 13.9 Å². The third-order valence-corrected chi connectivity index (χ3v) is 1.97. The number of esters is 1. The Morgan fingerprint density at radius 2 is 2.43 bits per heavy atom. The highest BCUT2D eigenvalue weighted by atomic mass is 35.5. The Balaban J connectivity index is 2.37. The second-order valence-corrected chi connectivity index (χ2v) is 3.20. The number of hydrogen-bond donors (Lipinski definition) is 1. The molecule has 5 heteroatoms. The van der Waals surface area contributed by atoms with E-state index in [4.69, 9.17) is 16.0 Å². The number of nitrogens with one attached hydrogen (secondary N) is 1. The first-order valence-corrected chi connectivity index (χ1v) is 4.56. The van der Waals surface area contributed by atoms with E-state index in [0.29, 0.717) is 17.5 Å². The summed E-state index contributed by atoms with van der Waals surface area (Å²) in [5.74, 6) is 0.383. The lowest BCUT2D eigenvalue weighted by Crippen LogP contribution is -2.34. The number of rotatable bonds is 4. The zero-order valence-corrected chi connectivity index (χ0v) is 8.80. The van der Waals surface area contributed by atoms with Crippen LogP contribution in [0.15, 0.2) is 16.5 Å². The first-order chi connectivity index (χ1) is 6.63. The van der Waals surface area contributed by atoms with Gasteiger partial charge in [0.1, 0.15) is 11.8 Å². The van der Waals surface area contributed by atoms with Crippen molar-refractivity contribution in [2.45, 2.75) is 19.5 Å². The minimum absolute atomic E-state index is 0.303. The predicted molar refractivity (Wildman–Crippen MR) is 52.0 cm³/mol. The van der Waals surface area contributed by atoms with Gasteiger partial charge in [-0.05, 0) is 30.7 Å². The van der Waals surface area contributed by atoms with E-state index < -0.39 is 0 Å². The molecule has 1 N–H and O–H groups in total. The molecule has 0 aliphatic carbocycles. The van der Waals surface area contributed by atoms with E-state index in [1.54, 1.807) is 19.1 Å². The molecular weight excluding hydrogens is 206 g/mol. The third kappa shape index (κ3) is 3.05. The van der Waals surface area contributed by atoms with Crippen molar-refractivity contribution in [1.82, 2.24) is 5.32 Å². The lowest BCUT2D eigenvalue weighted by Gasteiger charge is -2.09. The van der Waals surface area contributed by atoms with Crippen LogP contribution in [0.3, 0.4) is 0 Å². The third-order valence-electron chi connectivity index (χ3n) is 1.77. The highest BCUT2D eigenvalue weighted by molar-refractivity contribution is 6.28. The summed E-state index contributed by atoms with van der Waals surface area (Å²) in [4.78, 5) is 11.0. The Hall–Kier alpha value is -1.00. The Morgan fingerprint density at radius 3 is 2.93 bits per heavy atom. The lowest BCUT2D eigenvalue weighted by molar-refractivity contribution is -0.142. The van der Waals surface area contributed by atoms with E-state index in [-0.39, 0.29) is 12.0 Å². The molecule has 0 bridgehead atoms. The summed E-state index contributed by atoms with van der Waals surface area (Å²) in [6, 6.07) is 3.05. The molecule has 0 radical (unpaired) electrons. The molecule has 0 aliphatic heterocycles. The molecule has 0 fully saturated rings. The van der Waals surface area contributed by atoms with Crippen molar-refractivity contribution >= 4 is 17.6 Å². The van der Waals surface area contributed by atoms with E-state index in [0.717, 1.165) is 0 Å². The maximum Gasteiger partial charge on any atom is 0.322 e. The molecule has 1 aromatic rings. The minimum atomic E-state index is -0.358. The van der Waals surface area contributed by atoms with Gasteiger partial charge in [-0.15, -0.1) is 0 Å². The average Bonchev–Trinajstić information content (AvgIpc) is 2.59. The first-order valence-electron chi connectivity index (χ1n) is 4.19. The van der Waals surface area contributed by atoms with Gasteiger partial charge < -0.3 is 9.15 Å². The lowest BCUT2D eigenvalue weighted by atomic mass is 10.3. The number of furan rings is 1. The van der Waals surface area contributed by atoms with Crippen LogP contribution in [0.1, 0.15) is 12.7 Å². The maximum absolute atomic E-state index is 11.0. The number of hydrogen-bond acceptors (Lipinski definition) is 4.